The van der Waals surface area contributed by atoms with E-state index in [1.54, 1.807) is 12.1 Å². The van der Waals surface area contributed by atoms with E-state index in [0.717, 1.165) is 17.7 Å². The number of anilines is 1. The normalized spacial score (nSPS) is 15.8. The van der Waals surface area contributed by atoms with Crippen LogP contribution in [0.25, 0.3) is 0 Å². The second kappa shape index (κ2) is 7.87. The SMILES string of the molecule is COCCOc1ccc(C(F)(F)F)cc1NC(=O)C1Cc2ccccc2O1. The minimum absolute atomic E-state index is 0.0644. The zero-order chi connectivity index (χ0) is 19.4. The Labute approximate surface area is 154 Å². The van der Waals surface area contributed by atoms with Gasteiger partial charge in [0.05, 0.1) is 17.9 Å². The van der Waals surface area contributed by atoms with Crippen LogP contribution in [0.2, 0.25) is 0 Å². The number of nitrogens with one attached hydrogen (secondary N) is 1. The molecule has 0 aliphatic carbocycles. The number of carbonyl (C=O) groups excluding carboxylic acids is 1. The van der Waals surface area contributed by atoms with Crippen molar-refractivity contribution in [2.45, 2.75) is 18.7 Å². The fourth-order valence-corrected chi connectivity index (χ4v) is 2.71. The van der Waals surface area contributed by atoms with Crippen LogP contribution in [0.3, 0.4) is 0 Å². The maximum absolute atomic E-state index is 13.0. The zero-order valence-electron chi connectivity index (χ0n) is 14.5. The fourth-order valence-electron chi connectivity index (χ4n) is 2.71. The Morgan fingerprint density at radius 3 is 2.70 bits per heavy atom. The van der Waals surface area contributed by atoms with Crippen molar-refractivity contribution in [2.75, 3.05) is 25.6 Å². The summed E-state index contributed by atoms with van der Waals surface area (Å²) < 4.78 is 54.9. The van der Waals surface area contributed by atoms with Crippen LogP contribution in [-0.2, 0) is 22.1 Å². The number of hydrogen-bond acceptors (Lipinski definition) is 4. The molecule has 1 atom stereocenters. The maximum Gasteiger partial charge on any atom is 0.416 e. The van der Waals surface area contributed by atoms with Crippen molar-refractivity contribution in [3.63, 3.8) is 0 Å². The first-order chi connectivity index (χ1) is 12.9. The van der Waals surface area contributed by atoms with Crippen molar-refractivity contribution in [1.82, 2.24) is 0 Å². The third-order valence-corrected chi connectivity index (χ3v) is 4.05. The number of rotatable bonds is 6. The van der Waals surface area contributed by atoms with E-state index in [-0.39, 0.29) is 24.7 Å². The Bertz CT molecular complexity index is 798. The highest BCUT2D eigenvalue weighted by atomic mass is 19.4. The molecule has 2 aromatic rings. The number of amides is 1. The van der Waals surface area contributed by atoms with E-state index in [0.29, 0.717) is 12.2 Å². The maximum atomic E-state index is 13.0. The van der Waals surface area contributed by atoms with Gasteiger partial charge in [0.25, 0.3) is 5.91 Å². The largest absolute Gasteiger partial charge is 0.489 e. The molecule has 5 nitrogen and oxygen atoms in total. The molecule has 0 saturated heterocycles. The molecule has 1 aliphatic rings. The lowest BCUT2D eigenvalue weighted by Gasteiger charge is -2.17. The molecule has 0 fully saturated rings. The molecule has 0 spiro atoms. The van der Waals surface area contributed by atoms with Gasteiger partial charge in [-0.2, -0.15) is 13.2 Å². The molecule has 0 radical (unpaired) electrons. The van der Waals surface area contributed by atoms with Gasteiger partial charge in [-0.1, -0.05) is 18.2 Å². The third kappa shape index (κ3) is 4.51. The fraction of sp³-hybridized carbons (Fsp3) is 0.316. The number of methoxy groups -OCH3 is 1. The van der Waals surface area contributed by atoms with Crippen LogP contribution in [0.1, 0.15) is 11.1 Å². The summed E-state index contributed by atoms with van der Waals surface area (Å²) in [7, 11) is 1.48. The lowest BCUT2D eigenvalue weighted by molar-refractivity contribution is -0.137. The van der Waals surface area contributed by atoms with E-state index in [2.05, 4.69) is 5.32 Å². The lowest BCUT2D eigenvalue weighted by atomic mass is 10.1. The molecule has 2 aromatic carbocycles. The summed E-state index contributed by atoms with van der Waals surface area (Å²) in [5, 5.41) is 2.50. The Balaban J connectivity index is 1.78. The van der Waals surface area contributed by atoms with Gasteiger partial charge in [0, 0.05) is 13.5 Å². The first-order valence-electron chi connectivity index (χ1n) is 8.27. The summed E-state index contributed by atoms with van der Waals surface area (Å²) in [5.74, 6) is 0.185. The molecule has 3 rings (SSSR count). The van der Waals surface area contributed by atoms with Crippen LogP contribution in [-0.4, -0.2) is 32.3 Å². The first kappa shape index (κ1) is 19.0. The molecule has 27 heavy (non-hydrogen) atoms. The molecular formula is C19H18F3NO4. The molecule has 1 heterocycles. The van der Waals surface area contributed by atoms with Crippen molar-refractivity contribution < 1.29 is 32.2 Å². The van der Waals surface area contributed by atoms with E-state index < -0.39 is 23.8 Å². The van der Waals surface area contributed by atoms with Crippen molar-refractivity contribution >= 4 is 11.6 Å². The minimum Gasteiger partial charge on any atom is -0.489 e. The molecule has 0 saturated carbocycles. The average Bonchev–Trinajstić information content (AvgIpc) is 3.06. The van der Waals surface area contributed by atoms with Gasteiger partial charge < -0.3 is 19.5 Å². The van der Waals surface area contributed by atoms with Crippen LogP contribution < -0.4 is 14.8 Å². The van der Waals surface area contributed by atoms with Gasteiger partial charge in [0.1, 0.15) is 18.1 Å². The number of carbonyl (C=O) groups is 1. The first-order valence-corrected chi connectivity index (χ1v) is 8.27. The summed E-state index contributed by atoms with van der Waals surface area (Å²) in [6.45, 7) is 0.394. The highest BCUT2D eigenvalue weighted by Gasteiger charge is 2.33. The van der Waals surface area contributed by atoms with Gasteiger partial charge in [0.2, 0.25) is 0 Å². The second-order valence-electron chi connectivity index (χ2n) is 5.96. The van der Waals surface area contributed by atoms with Gasteiger partial charge in [-0.3, -0.25) is 4.79 Å². The lowest BCUT2D eigenvalue weighted by Crippen LogP contribution is -2.31. The summed E-state index contributed by atoms with van der Waals surface area (Å²) in [4.78, 5) is 12.5. The van der Waals surface area contributed by atoms with E-state index in [1.165, 1.54) is 13.2 Å². The predicted octanol–water partition coefficient (Wildman–Crippen LogP) is 3.67. The molecular weight excluding hydrogens is 363 g/mol. The Kier molecular flexibility index (Phi) is 5.55. The number of para-hydroxylation sites is 1. The number of halogens is 3. The topological polar surface area (TPSA) is 56.8 Å². The number of hydrogen-bond donors (Lipinski definition) is 1. The molecule has 1 amide bonds. The third-order valence-electron chi connectivity index (χ3n) is 4.05. The smallest absolute Gasteiger partial charge is 0.416 e. The van der Waals surface area contributed by atoms with Gasteiger partial charge in [0.15, 0.2) is 6.10 Å². The quantitative estimate of drug-likeness (QED) is 0.776. The highest BCUT2D eigenvalue weighted by molar-refractivity contribution is 5.96. The number of ether oxygens (including phenoxy) is 3. The van der Waals surface area contributed by atoms with Crippen LogP contribution in [0.5, 0.6) is 11.5 Å². The van der Waals surface area contributed by atoms with Crippen LogP contribution in [0.4, 0.5) is 18.9 Å². The van der Waals surface area contributed by atoms with Crippen molar-refractivity contribution in [1.29, 1.82) is 0 Å². The monoisotopic (exact) mass is 381 g/mol. The molecule has 8 heteroatoms. The Morgan fingerprint density at radius 2 is 2.00 bits per heavy atom. The van der Waals surface area contributed by atoms with Gasteiger partial charge in [-0.25, -0.2) is 0 Å². The number of fused-ring (bicyclic) bond motifs is 1. The van der Waals surface area contributed by atoms with Gasteiger partial charge in [-0.15, -0.1) is 0 Å². The highest BCUT2D eigenvalue weighted by Crippen LogP contribution is 2.36. The second-order valence-corrected chi connectivity index (χ2v) is 5.96. The Hall–Kier alpha value is -2.74. The van der Waals surface area contributed by atoms with Crippen LogP contribution >= 0.6 is 0 Å². The molecule has 0 bridgehead atoms. The Morgan fingerprint density at radius 1 is 1.22 bits per heavy atom. The summed E-state index contributed by atoms with van der Waals surface area (Å²) >= 11 is 0. The average molecular weight is 381 g/mol. The van der Waals surface area contributed by atoms with E-state index >= 15 is 0 Å². The van der Waals surface area contributed by atoms with E-state index in [4.69, 9.17) is 14.2 Å². The minimum atomic E-state index is -4.54. The summed E-state index contributed by atoms with van der Waals surface area (Å²) in [5.41, 5.74) is -0.0729. The summed E-state index contributed by atoms with van der Waals surface area (Å²) in [6, 6.07) is 10.1. The number of alkyl halides is 3. The van der Waals surface area contributed by atoms with Crippen LogP contribution in [0, 0.1) is 0 Å². The molecule has 1 aliphatic heterocycles. The van der Waals surface area contributed by atoms with E-state index in [1.807, 2.05) is 12.1 Å². The van der Waals surface area contributed by atoms with E-state index in [9.17, 15) is 18.0 Å². The van der Waals surface area contributed by atoms with Crippen molar-refractivity contribution in [2.24, 2.45) is 0 Å². The van der Waals surface area contributed by atoms with Crippen molar-refractivity contribution in [3.05, 3.63) is 53.6 Å². The molecule has 0 aromatic heterocycles. The number of benzene rings is 2. The molecule has 1 N–H and O–H groups in total. The zero-order valence-corrected chi connectivity index (χ0v) is 14.5. The van der Waals surface area contributed by atoms with Gasteiger partial charge >= 0.3 is 6.18 Å². The van der Waals surface area contributed by atoms with Crippen LogP contribution in [0.15, 0.2) is 42.5 Å². The summed E-state index contributed by atoms with van der Waals surface area (Å²) in [6.07, 6.45) is -5.00. The molecule has 1 unspecified atom stereocenters. The standard InChI is InChI=1S/C19H18F3NO4/c1-25-8-9-26-16-7-6-13(19(20,21)22)11-14(16)23-18(24)17-10-12-4-2-3-5-15(12)27-17/h2-7,11,17H,8-10H2,1H3,(H,23,24). The van der Waals surface area contributed by atoms with Gasteiger partial charge in [-0.05, 0) is 29.8 Å². The predicted molar refractivity (Wildman–Crippen MR) is 92.0 cm³/mol. The molecule has 144 valence electrons. The van der Waals surface area contributed by atoms with Crippen molar-refractivity contribution in [3.8, 4) is 11.5 Å².